The molecule has 1 fully saturated rings. The van der Waals surface area contributed by atoms with E-state index in [0.29, 0.717) is 36.9 Å². The maximum atomic E-state index is 12.6. The van der Waals surface area contributed by atoms with Gasteiger partial charge < -0.3 is 24.4 Å². The number of hydrogen-bond donors (Lipinski definition) is 1. The van der Waals surface area contributed by atoms with Gasteiger partial charge in [-0.15, -0.1) is 0 Å². The van der Waals surface area contributed by atoms with E-state index in [-0.39, 0.29) is 24.7 Å². The lowest BCUT2D eigenvalue weighted by Crippen LogP contribution is -2.48. The van der Waals surface area contributed by atoms with Crippen molar-refractivity contribution in [2.24, 2.45) is 0 Å². The summed E-state index contributed by atoms with van der Waals surface area (Å²) in [6.07, 6.45) is -0.548. The third-order valence-electron chi connectivity index (χ3n) is 4.98. The molecule has 9 nitrogen and oxygen atoms in total. The van der Waals surface area contributed by atoms with Crippen LogP contribution in [-0.4, -0.2) is 75.3 Å². The Morgan fingerprint density at radius 1 is 1.21 bits per heavy atom. The molecule has 0 aliphatic carbocycles. The van der Waals surface area contributed by atoms with Gasteiger partial charge in [-0.1, -0.05) is 0 Å². The van der Waals surface area contributed by atoms with Gasteiger partial charge in [-0.05, 0) is 19.1 Å². The number of amides is 2. The Balaban J connectivity index is 1.66. The first-order chi connectivity index (χ1) is 14.0. The van der Waals surface area contributed by atoms with Crippen LogP contribution in [0.4, 0.5) is 11.4 Å². The minimum atomic E-state index is -0.600. The normalized spacial score (nSPS) is 19.3. The van der Waals surface area contributed by atoms with E-state index >= 15 is 0 Å². The zero-order chi connectivity index (χ0) is 20.8. The number of carbonyl (C=O) groups excluding carboxylic acids is 3. The van der Waals surface area contributed by atoms with Gasteiger partial charge in [-0.3, -0.25) is 19.3 Å². The van der Waals surface area contributed by atoms with E-state index in [1.165, 1.54) is 7.11 Å². The van der Waals surface area contributed by atoms with Crippen molar-refractivity contribution in [1.29, 1.82) is 0 Å². The summed E-state index contributed by atoms with van der Waals surface area (Å²) < 4.78 is 15.7. The van der Waals surface area contributed by atoms with Crippen molar-refractivity contribution in [1.82, 2.24) is 4.90 Å². The molecule has 2 amide bonds. The summed E-state index contributed by atoms with van der Waals surface area (Å²) >= 11 is 0. The molecular weight excluding hydrogens is 378 g/mol. The molecule has 158 valence electrons. The SMILES string of the molecule is COC(=O)CCC(=O)Nc1ccc2c(c1)OC(C)C(=O)N2CCN1CCOCC1. The number of benzene rings is 1. The van der Waals surface area contributed by atoms with Crippen molar-refractivity contribution in [2.45, 2.75) is 25.9 Å². The predicted molar refractivity (Wildman–Crippen MR) is 106 cm³/mol. The third kappa shape index (κ3) is 5.45. The Labute approximate surface area is 169 Å². The number of morpholine rings is 1. The molecule has 1 aromatic carbocycles. The molecule has 0 bridgehead atoms. The van der Waals surface area contributed by atoms with Crippen molar-refractivity contribution >= 4 is 29.2 Å². The van der Waals surface area contributed by atoms with E-state index in [4.69, 9.17) is 9.47 Å². The Morgan fingerprint density at radius 2 is 1.97 bits per heavy atom. The molecule has 3 rings (SSSR count). The van der Waals surface area contributed by atoms with Gasteiger partial charge in [-0.25, -0.2) is 0 Å². The molecule has 1 saturated heterocycles. The van der Waals surface area contributed by atoms with Gasteiger partial charge in [0.1, 0.15) is 5.75 Å². The summed E-state index contributed by atoms with van der Waals surface area (Å²) in [5.74, 6) is -0.262. The highest BCUT2D eigenvalue weighted by molar-refractivity contribution is 6.00. The summed E-state index contributed by atoms with van der Waals surface area (Å²) in [7, 11) is 1.29. The number of methoxy groups -OCH3 is 1. The van der Waals surface area contributed by atoms with Gasteiger partial charge in [0, 0.05) is 44.4 Å². The highest BCUT2D eigenvalue weighted by atomic mass is 16.5. The van der Waals surface area contributed by atoms with E-state index < -0.39 is 12.1 Å². The Bertz CT molecular complexity index is 763. The lowest BCUT2D eigenvalue weighted by Gasteiger charge is -2.35. The molecule has 29 heavy (non-hydrogen) atoms. The minimum absolute atomic E-state index is 0.0185. The zero-order valence-electron chi connectivity index (χ0n) is 16.8. The number of esters is 1. The molecule has 0 aromatic heterocycles. The number of rotatable bonds is 7. The van der Waals surface area contributed by atoms with Crippen LogP contribution in [0.5, 0.6) is 5.75 Å². The van der Waals surface area contributed by atoms with Crippen LogP contribution in [-0.2, 0) is 23.9 Å². The van der Waals surface area contributed by atoms with Crippen LogP contribution in [0, 0.1) is 0 Å². The van der Waals surface area contributed by atoms with Crippen molar-refractivity contribution in [2.75, 3.05) is 56.7 Å². The summed E-state index contributed by atoms with van der Waals surface area (Å²) in [5, 5.41) is 2.74. The molecule has 0 saturated carbocycles. The summed E-state index contributed by atoms with van der Waals surface area (Å²) in [4.78, 5) is 39.8. The van der Waals surface area contributed by atoms with Gasteiger partial charge in [0.05, 0.1) is 32.4 Å². The van der Waals surface area contributed by atoms with Gasteiger partial charge in [-0.2, -0.15) is 0 Å². The fraction of sp³-hybridized carbons (Fsp3) is 0.550. The van der Waals surface area contributed by atoms with Crippen molar-refractivity contribution < 1.29 is 28.6 Å². The molecular formula is C20H27N3O6. The number of nitrogens with zero attached hydrogens (tertiary/aromatic N) is 2. The lowest BCUT2D eigenvalue weighted by atomic mass is 10.1. The molecule has 2 aliphatic rings. The smallest absolute Gasteiger partial charge is 0.306 e. The molecule has 1 aromatic rings. The number of ether oxygens (including phenoxy) is 3. The van der Waals surface area contributed by atoms with E-state index in [1.807, 2.05) is 0 Å². The second-order valence-corrected chi connectivity index (χ2v) is 7.01. The first kappa shape index (κ1) is 21.1. The first-order valence-electron chi connectivity index (χ1n) is 9.77. The van der Waals surface area contributed by atoms with Crippen LogP contribution in [0.3, 0.4) is 0 Å². The molecule has 2 aliphatic heterocycles. The molecule has 0 spiro atoms. The summed E-state index contributed by atoms with van der Waals surface area (Å²) in [6.45, 7) is 6.17. The Kier molecular flexibility index (Phi) is 7.05. The summed E-state index contributed by atoms with van der Waals surface area (Å²) in [6, 6.07) is 5.20. The summed E-state index contributed by atoms with van der Waals surface area (Å²) in [5.41, 5.74) is 1.24. The Morgan fingerprint density at radius 3 is 2.69 bits per heavy atom. The van der Waals surface area contributed by atoms with E-state index in [2.05, 4.69) is 15.0 Å². The zero-order valence-corrected chi connectivity index (χ0v) is 16.8. The van der Waals surface area contributed by atoms with E-state index in [0.717, 1.165) is 19.6 Å². The quantitative estimate of drug-likeness (QED) is 0.677. The number of anilines is 2. The standard InChI is InChI=1S/C20H27N3O6/c1-14-20(26)23(8-7-22-9-11-28-12-10-22)16-4-3-15(13-17(16)29-14)21-18(24)5-6-19(25)27-2/h3-4,13-14H,5-12H2,1-2H3,(H,21,24). The molecule has 1 atom stereocenters. The van der Waals surface area contributed by atoms with Gasteiger partial charge >= 0.3 is 5.97 Å². The topological polar surface area (TPSA) is 97.4 Å². The van der Waals surface area contributed by atoms with Crippen LogP contribution in [0.15, 0.2) is 18.2 Å². The van der Waals surface area contributed by atoms with Crippen LogP contribution in [0.25, 0.3) is 0 Å². The fourth-order valence-corrected chi connectivity index (χ4v) is 3.33. The fourth-order valence-electron chi connectivity index (χ4n) is 3.33. The average Bonchev–Trinajstić information content (AvgIpc) is 2.73. The first-order valence-corrected chi connectivity index (χ1v) is 9.77. The number of fused-ring (bicyclic) bond motifs is 1. The monoisotopic (exact) mass is 405 g/mol. The third-order valence-corrected chi connectivity index (χ3v) is 4.98. The molecule has 2 heterocycles. The molecule has 1 N–H and O–H groups in total. The number of hydrogen-bond acceptors (Lipinski definition) is 7. The highest BCUT2D eigenvalue weighted by Crippen LogP contribution is 2.36. The minimum Gasteiger partial charge on any atom is -0.479 e. The van der Waals surface area contributed by atoms with Crippen LogP contribution in [0.2, 0.25) is 0 Å². The van der Waals surface area contributed by atoms with Crippen molar-refractivity contribution in [3.8, 4) is 5.75 Å². The predicted octanol–water partition coefficient (Wildman–Crippen LogP) is 1.02. The number of nitrogens with one attached hydrogen (secondary N) is 1. The second kappa shape index (κ2) is 9.71. The second-order valence-electron chi connectivity index (χ2n) is 7.01. The van der Waals surface area contributed by atoms with E-state index in [1.54, 1.807) is 30.0 Å². The largest absolute Gasteiger partial charge is 0.479 e. The molecule has 1 unspecified atom stereocenters. The molecule has 0 radical (unpaired) electrons. The number of carbonyl (C=O) groups is 3. The van der Waals surface area contributed by atoms with E-state index in [9.17, 15) is 14.4 Å². The lowest BCUT2D eigenvalue weighted by molar-refractivity contribution is -0.141. The highest BCUT2D eigenvalue weighted by Gasteiger charge is 2.32. The molecule has 9 heteroatoms. The van der Waals surface area contributed by atoms with Gasteiger partial charge in [0.15, 0.2) is 6.10 Å². The van der Waals surface area contributed by atoms with Crippen molar-refractivity contribution in [3.05, 3.63) is 18.2 Å². The van der Waals surface area contributed by atoms with Gasteiger partial charge in [0.25, 0.3) is 5.91 Å². The van der Waals surface area contributed by atoms with Crippen LogP contribution in [0.1, 0.15) is 19.8 Å². The maximum absolute atomic E-state index is 12.6. The maximum Gasteiger partial charge on any atom is 0.306 e. The average molecular weight is 405 g/mol. The van der Waals surface area contributed by atoms with Gasteiger partial charge in [0.2, 0.25) is 5.91 Å². The van der Waals surface area contributed by atoms with Crippen molar-refractivity contribution in [3.63, 3.8) is 0 Å². The van der Waals surface area contributed by atoms with Crippen LogP contribution >= 0.6 is 0 Å². The Hall–Kier alpha value is -2.65. The van der Waals surface area contributed by atoms with Crippen LogP contribution < -0.4 is 15.0 Å².